The monoisotopic (exact) mass is 322 g/mol. The average Bonchev–Trinajstić information content (AvgIpc) is 2.34. The number of hydrogen-bond donors (Lipinski definition) is 2. The highest BCUT2D eigenvalue weighted by Gasteiger charge is 2.12. The first-order valence-corrected chi connectivity index (χ1v) is 6.35. The van der Waals surface area contributed by atoms with Crippen LogP contribution in [0.2, 0.25) is 0 Å². The SMILES string of the molecule is CC(C)(N)CNC(=O)CCc1ccc(OC(F)F)cc1.Cl. The molecule has 0 spiro atoms. The van der Waals surface area contributed by atoms with Gasteiger partial charge in [-0.3, -0.25) is 4.79 Å². The number of ether oxygens (including phenoxy) is 1. The van der Waals surface area contributed by atoms with E-state index in [9.17, 15) is 13.6 Å². The third kappa shape index (κ3) is 9.20. The maximum Gasteiger partial charge on any atom is 0.387 e. The molecule has 0 fully saturated rings. The summed E-state index contributed by atoms with van der Waals surface area (Å²) in [6.45, 7) is 1.24. The summed E-state index contributed by atoms with van der Waals surface area (Å²) in [5.74, 6) is 0.0227. The number of aryl methyl sites for hydroxylation is 1. The van der Waals surface area contributed by atoms with Crippen LogP contribution in [0.5, 0.6) is 5.75 Å². The van der Waals surface area contributed by atoms with Gasteiger partial charge in [-0.05, 0) is 38.0 Å². The van der Waals surface area contributed by atoms with Gasteiger partial charge in [0.1, 0.15) is 5.75 Å². The van der Waals surface area contributed by atoms with Crippen molar-refractivity contribution in [3.05, 3.63) is 29.8 Å². The first kappa shape index (κ1) is 19.6. The summed E-state index contributed by atoms with van der Waals surface area (Å²) in [5.41, 5.74) is 6.20. The number of nitrogens with one attached hydrogen (secondary N) is 1. The number of amides is 1. The summed E-state index contributed by atoms with van der Waals surface area (Å²) in [6.07, 6.45) is 0.858. The lowest BCUT2D eigenvalue weighted by Crippen LogP contribution is -2.45. The van der Waals surface area contributed by atoms with Crippen LogP contribution in [0.4, 0.5) is 8.78 Å². The van der Waals surface area contributed by atoms with Crippen LogP contribution < -0.4 is 15.8 Å². The van der Waals surface area contributed by atoms with E-state index in [1.54, 1.807) is 12.1 Å². The molecule has 0 aromatic heterocycles. The molecule has 0 unspecified atom stereocenters. The minimum atomic E-state index is -2.83. The third-order valence-corrected chi connectivity index (χ3v) is 2.53. The molecule has 0 radical (unpaired) electrons. The van der Waals surface area contributed by atoms with E-state index in [1.807, 2.05) is 13.8 Å². The smallest absolute Gasteiger partial charge is 0.387 e. The average molecular weight is 323 g/mol. The Bertz CT molecular complexity index is 434. The van der Waals surface area contributed by atoms with Crippen molar-refractivity contribution in [3.63, 3.8) is 0 Å². The third-order valence-electron chi connectivity index (χ3n) is 2.53. The highest BCUT2D eigenvalue weighted by atomic mass is 35.5. The molecule has 1 aromatic carbocycles. The number of hydrogen-bond acceptors (Lipinski definition) is 3. The fourth-order valence-electron chi connectivity index (χ4n) is 1.51. The Morgan fingerprint density at radius 2 is 1.90 bits per heavy atom. The van der Waals surface area contributed by atoms with Crippen LogP contribution in [0.25, 0.3) is 0 Å². The van der Waals surface area contributed by atoms with Crippen molar-refractivity contribution in [1.29, 1.82) is 0 Å². The number of benzene rings is 1. The first-order chi connectivity index (χ1) is 9.26. The minimum Gasteiger partial charge on any atom is -0.435 e. The lowest BCUT2D eigenvalue weighted by molar-refractivity contribution is -0.121. The van der Waals surface area contributed by atoms with Gasteiger partial charge in [0, 0.05) is 18.5 Å². The van der Waals surface area contributed by atoms with Crippen LogP contribution in [-0.4, -0.2) is 24.6 Å². The van der Waals surface area contributed by atoms with E-state index in [2.05, 4.69) is 10.1 Å². The van der Waals surface area contributed by atoms with E-state index >= 15 is 0 Å². The Kier molecular flexibility index (Phi) is 8.21. The number of alkyl halides is 2. The second-order valence-corrected chi connectivity index (χ2v) is 5.29. The Hall–Kier alpha value is -1.40. The van der Waals surface area contributed by atoms with Gasteiger partial charge in [-0.25, -0.2) is 0 Å². The van der Waals surface area contributed by atoms with Gasteiger partial charge in [0.2, 0.25) is 5.91 Å². The number of halogens is 3. The molecular weight excluding hydrogens is 302 g/mol. The molecule has 4 nitrogen and oxygen atoms in total. The van der Waals surface area contributed by atoms with Gasteiger partial charge in [-0.1, -0.05) is 12.1 Å². The Morgan fingerprint density at radius 1 is 1.33 bits per heavy atom. The lowest BCUT2D eigenvalue weighted by Gasteiger charge is -2.18. The number of carbonyl (C=O) groups excluding carboxylic acids is 1. The summed E-state index contributed by atoms with van der Waals surface area (Å²) >= 11 is 0. The second kappa shape index (κ2) is 8.79. The Morgan fingerprint density at radius 3 is 2.38 bits per heavy atom. The van der Waals surface area contributed by atoms with Crippen molar-refractivity contribution in [2.75, 3.05) is 6.54 Å². The molecule has 1 amide bonds. The molecule has 3 N–H and O–H groups in total. The molecular formula is C14H21ClF2N2O2. The van der Waals surface area contributed by atoms with Crippen molar-refractivity contribution in [2.45, 2.75) is 38.8 Å². The largest absolute Gasteiger partial charge is 0.435 e. The molecule has 7 heteroatoms. The second-order valence-electron chi connectivity index (χ2n) is 5.29. The summed E-state index contributed by atoms with van der Waals surface area (Å²) in [6, 6.07) is 6.25. The van der Waals surface area contributed by atoms with Crippen LogP contribution >= 0.6 is 12.4 Å². The Labute approximate surface area is 129 Å². The maximum absolute atomic E-state index is 12.0. The van der Waals surface area contributed by atoms with Gasteiger partial charge in [0.25, 0.3) is 0 Å². The zero-order valence-electron chi connectivity index (χ0n) is 12.1. The van der Waals surface area contributed by atoms with E-state index in [0.29, 0.717) is 19.4 Å². The van der Waals surface area contributed by atoms with Crippen LogP contribution in [-0.2, 0) is 11.2 Å². The van der Waals surface area contributed by atoms with Crippen LogP contribution in [0.1, 0.15) is 25.8 Å². The predicted molar refractivity (Wildman–Crippen MR) is 79.9 cm³/mol. The molecule has 0 saturated heterocycles. The van der Waals surface area contributed by atoms with E-state index in [4.69, 9.17) is 5.73 Å². The quantitative estimate of drug-likeness (QED) is 0.810. The van der Waals surface area contributed by atoms with Gasteiger partial charge >= 0.3 is 6.61 Å². The molecule has 0 bridgehead atoms. The molecule has 120 valence electrons. The summed E-state index contributed by atoms with van der Waals surface area (Å²) in [4.78, 5) is 11.6. The summed E-state index contributed by atoms with van der Waals surface area (Å²) in [7, 11) is 0. The van der Waals surface area contributed by atoms with Crippen molar-refractivity contribution < 1.29 is 18.3 Å². The number of carbonyl (C=O) groups is 1. The van der Waals surface area contributed by atoms with Crippen LogP contribution in [0, 0.1) is 0 Å². The zero-order valence-corrected chi connectivity index (χ0v) is 12.9. The van der Waals surface area contributed by atoms with Gasteiger partial charge in [-0.15, -0.1) is 12.4 Å². The molecule has 1 rings (SSSR count). The van der Waals surface area contributed by atoms with Crippen molar-refractivity contribution in [2.24, 2.45) is 5.73 Å². The van der Waals surface area contributed by atoms with E-state index in [1.165, 1.54) is 12.1 Å². The zero-order chi connectivity index (χ0) is 15.2. The topological polar surface area (TPSA) is 64.3 Å². The summed E-state index contributed by atoms with van der Waals surface area (Å²) in [5, 5.41) is 2.74. The van der Waals surface area contributed by atoms with Gasteiger partial charge < -0.3 is 15.8 Å². The van der Waals surface area contributed by atoms with E-state index in [0.717, 1.165) is 5.56 Å². The molecule has 0 atom stereocenters. The standard InChI is InChI=1S/C14H20F2N2O2.ClH/c1-14(2,17)9-18-12(19)8-5-10-3-6-11(7-4-10)20-13(15)16;/h3-4,6-7,13H,5,8-9,17H2,1-2H3,(H,18,19);1H. The molecule has 0 aliphatic carbocycles. The number of rotatable bonds is 7. The van der Waals surface area contributed by atoms with Gasteiger partial charge in [0.15, 0.2) is 0 Å². The normalized spacial score (nSPS) is 11.0. The van der Waals surface area contributed by atoms with Crippen molar-refractivity contribution in [3.8, 4) is 5.75 Å². The van der Waals surface area contributed by atoms with E-state index in [-0.39, 0.29) is 24.1 Å². The van der Waals surface area contributed by atoms with Crippen LogP contribution in [0.15, 0.2) is 24.3 Å². The van der Waals surface area contributed by atoms with E-state index < -0.39 is 12.2 Å². The van der Waals surface area contributed by atoms with Gasteiger partial charge in [0.05, 0.1) is 0 Å². The molecule has 0 heterocycles. The fourth-order valence-corrected chi connectivity index (χ4v) is 1.51. The molecule has 0 saturated carbocycles. The predicted octanol–water partition coefficient (Wildman–Crippen LogP) is 2.50. The summed E-state index contributed by atoms with van der Waals surface area (Å²) < 4.78 is 28.2. The fraction of sp³-hybridized carbons (Fsp3) is 0.500. The molecule has 1 aromatic rings. The van der Waals surface area contributed by atoms with Crippen molar-refractivity contribution in [1.82, 2.24) is 5.32 Å². The van der Waals surface area contributed by atoms with Gasteiger partial charge in [-0.2, -0.15) is 8.78 Å². The highest BCUT2D eigenvalue weighted by molar-refractivity contribution is 5.85. The molecule has 0 aliphatic rings. The number of nitrogens with two attached hydrogens (primary N) is 1. The maximum atomic E-state index is 12.0. The molecule has 21 heavy (non-hydrogen) atoms. The van der Waals surface area contributed by atoms with Crippen molar-refractivity contribution >= 4 is 18.3 Å². The molecule has 0 aliphatic heterocycles. The highest BCUT2D eigenvalue weighted by Crippen LogP contribution is 2.15. The van der Waals surface area contributed by atoms with Crippen LogP contribution in [0.3, 0.4) is 0 Å². The lowest BCUT2D eigenvalue weighted by atomic mass is 10.1. The minimum absolute atomic E-state index is 0. The Balaban J connectivity index is 0.00000400. The first-order valence-electron chi connectivity index (χ1n) is 6.35.